The summed E-state index contributed by atoms with van der Waals surface area (Å²) in [5.41, 5.74) is 0.949. The van der Waals surface area contributed by atoms with Crippen molar-refractivity contribution < 1.29 is 14.3 Å². The van der Waals surface area contributed by atoms with Gasteiger partial charge in [-0.3, -0.25) is 4.79 Å². The number of benzene rings is 1. The van der Waals surface area contributed by atoms with E-state index < -0.39 is 0 Å². The van der Waals surface area contributed by atoms with Crippen LogP contribution < -0.4 is 10.1 Å². The Hall–Kier alpha value is -1.71. The number of hydrogen-bond donors (Lipinski definition) is 1. The first-order valence-corrected chi connectivity index (χ1v) is 8.29. The molecular formula is C18H27NO3. The summed E-state index contributed by atoms with van der Waals surface area (Å²) < 4.78 is 10.6. The van der Waals surface area contributed by atoms with Gasteiger partial charge in [-0.15, -0.1) is 0 Å². The molecule has 2 rings (SSSR count). The molecule has 22 heavy (non-hydrogen) atoms. The van der Waals surface area contributed by atoms with Crippen LogP contribution >= 0.6 is 0 Å². The summed E-state index contributed by atoms with van der Waals surface area (Å²) >= 11 is 0. The molecular weight excluding hydrogens is 278 g/mol. The molecule has 0 bridgehead atoms. The van der Waals surface area contributed by atoms with Gasteiger partial charge in [0, 0.05) is 6.04 Å². The van der Waals surface area contributed by atoms with Crippen LogP contribution in [0.3, 0.4) is 0 Å². The van der Waals surface area contributed by atoms with Gasteiger partial charge in [-0.25, -0.2) is 0 Å². The zero-order valence-corrected chi connectivity index (χ0v) is 13.6. The third kappa shape index (κ3) is 4.65. The van der Waals surface area contributed by atoms with E-state index >= 15 is 0 Å². The number of nitrogens with one attached hydrogen (secondary N) is 1. The maximum Gasteiger partial charge on any atom is 0.307 e. The van der Waals surface area contributed by atoms with Gasteiger partial charge in [0.15, 0.2) is 0 Å². The first-order valence-electron chi connectivity index (χ1n) is 8.29. The van der Waals surface area contributed by atoms with Crippen molar-refractivity contribution in [3.05, 3.63) is 24.3 Å². The van der Waals surface area contributed by atoms with E-state index in [1.165, 1.54) is 32.1 Å². The van der Waals surface area contributed by atoms with Crippen molar-refractivity contribution in [1.29, 1.82) is 0 Å². The zero-order chi connectivity index (χ0) is 15.8. The highest BCUT2D eigenvalue weighted by Crippen LogP contribution is 2.32. The summed E-state index contributed by atoms with van der Waals surface area (Å²) in [5.74, 6) is 1.20. The normalized spacial score (nSPS) is 16.8. The molecule has 1 aliphatic rings. The second kappa shape index (κ2) is 8.66. The molecule has 1 N–H and O–H groups in total. The number of carbonyl (C=O) groups excluding carboxylic acids is 1. The summed E-state index contributed by atoms with van der Waals surface area (Å²) in [5, 5.41) is 3.53. The number of esters is 1. The third-order valence-electron chi connectivity index (χ3n) is 4.36. The van der Waals surface area contributed by atoms with Crippen LogP contribution in [-0.2, 0) is 9.53 Å². The first-order chi connectivity index (χ1) is 10.7. The lowest BCUT2D eigenvalue weighted by Gasteiger charge is -2.31. The molecule has 122 valence electrons. The Morgan fingerprint density at radius 1 is 1.27 bits per heavy atom. The van der Waals surface area contributed by atoms with Gasteiger partial charge in [-0.1, -0.05) is 31.4 Å². The van der Waals surface area contributed by atoms with E-state index in [1.54, 1.807) is 7.11 Å². The molecule has 1 aromatic carbocycles. The topological polar surface area (TPSA) is 47.6 Å². The van der Waals surface area contributed by atoms with Crippen LogP contribution in [0.5, 0.6) is 5.75 Å². The smallest absolute Gasteiger partial charge is 0.307 e. The molecule has 0 radical (unpaired) electrons. The fourth-order valence-corrected chi connectivity index (χ4v) is 3.24. The molecule has 1 aromatic rings. The molecule has 0 unspecified atom stereocenters. The number of carbonyl (C=O) groups is 1. The Bertz CT molecular complexity index is 469. The molecule has 4 heteroatoms. The van der Waals surface area contributed by atoms with Crippen molar-refractivity contribution >= 4 is 11.7 Å². The van der Waals surface area contributed by atoms with Crippen molar-refractivity contribution in [1.82, 2.24) is 0 Å². The molecule has 1 atom stereocenters. The van der Waals surface area contributed by atoms with Gasteiger partial charge in [0.2, 0.25) is 0 Å². The molecule has 0 spiro atoms. The van der Waals surface area contributed by atoms with E-state index in [-0.39, 0.29) is 12.0 Å². The molecule has 0 aromatic heterocycles. The lowest BCUT2D eigenvalue weighted by Crippen LogP contribution is -2.33. The van der Waals surface area contributed by atoms with Crippen molar-refractivity contribution in [2.24, 2.45) is 5.92 Å². The minimum atomic E-state index is -0.125. The van der Waals surface area contributed by atoms with Crippen LogP contribution in [0.15, 0.2) is 24.3 Å². The number of anilines is 1. The highest BCUT2D eigenvalue weighted by molar-refractivity contribution is 5.71. The average molecular weight is 305 g/mol. The maximum absolute atomic E-state index is 11.9. The van der Waals surface area contributed by atoms with Crippen LogP contribution in [0, 0.1) is 5.92 Å². The standard InChI is InChI=1S/C18H27NO3/c1-3-22-18(20)13-16(14-9-5-4-6-10-14)19-15-11-7-8-12-17(15)21-2/h7-8,11-12,14,16,19H,3-6,9-10,13H2,1-2H3/t16-/m1/s1. The molecule has 0 saturated heterocycles. The quantitative estimate of drug-likeness (QED) is 0.773. The molecule has 1 saturated carbocycles. The van der Waals surface area contributed by atoms with Crippen molar-refractivity contribution in [3.8, 4) is 5.75 Å². The number of methoxy groups -OCH3 is 1. The second-order valence-corrected chi connectivity index (χ2v) is 5.86. The van der Waals surface area contributed by atoms with Gasteiger partial charge in [0.25, 0.3) is 0 Å². The van der Waals surface area contributed by atoms with E-state index in [4.69, 9.17) is 9.47 Å². The fourth-order valence-electron chi connectivity index (χ4n) is 3.24. The van der Waals surface area contributed by atoms with Crippen molar-refractivity contribution in [2.45, 2.75) is 51.5 Å². The third-order valence-corrected chi connectivity index (χ3v) is 4.36. The molecule has 1 fully saturated rings. The van der Waals surface area contributed by atoms with Gasteiger partial charge < -0.3 is 14.8 Å². The predicted molar refractivity (Wildman–Crippen MR) is 88.2 cm³/mol. The van der Waals surface area contributed by atoms with E-state index in [2.05, 4.69) is 5.32 Å². The van der Waals surface area contributed by atoms with Crippen LogP contribution in [0.1, 0.15) is 45.4 Å². The summed E-state index contributed by atoms with van der Waals surface area (Å²) in [6.45, 7) is 2.28. The van der Waals surface area contributed by atoms with Crippen LogP contribution in [0.25, 0.3) is 0 Å². The van der Waals surface area contributed by atoms with Crippen LogP contribution in [0.2, 0.25) is 0 Å². The summed E-state index contributed by atoms with van der Waals surface area (Å²) in [6, 6.07) is 7.97. The molecule has 0 amide bonds. The highest BCUT2D eigenvalue weighted by atomic mass is 16.5. The molecule has 4 nitrogen and oxygen atoms in total. The number of rotatable bonds is 7. The monoisotopic (exact) mass is 305 g/mol. The van der Waals surface area contributed by atoms with E-state index in [0.717, 1.165) is 11.4 Å². The minimum Gasteiger partial charge on any atom is -0.495 e. The second-order valence-electron chi connectivity index (χ2n) is 5.86. The van der Waals surface area contributed by atoms with Gasteiger partial charge >= 0.3 is 5.97 Å². The van der Waals surface area contributed by atoms with Crippen molar-refractivity contribution in [2.75, 3.05) is 19.0 Å². The Balaban J connectivity index is 2.10. The van der Waals surface area contributed by atoms with Crippen LogP contribution in [0.4, 0.5) is 5.69 Å². The van der Waals surface area contributed by atoms with Gasteiger partial charge in [0.1, 0.15) is 5.75 Å². The molecule has 0 aliphatic heterocycles. The van der Waals surface area contributed by atoms with Gasteiger partial charge in [0.05, 0.1) is 25.8 Å². The fraction of sp³-hybridized carbons (Fsp3) is 0.611. The Labute approximate surface area is 133 Å². The maximum atomic E-state index is 11.9. The SMILES string of the molecule is CCOC(=O)C[C@@H](Nc1ccccc1OC)C1CCCCC1. The Morgan fingerprint density at radius 3 is 2.68 bits per heavy atom. The number of hydrogen-bond acceptors (Lipinski definition) is 4. The van der Waals surface area contributed by atoms with Gasteiger partial charge in [-0.2, -0.15) is 0 Å². The van der Waals surface area contributed by atoms with Gasteiger partial charge in [-0.05, 0) is 37.8 Å². The summed E-state index contributed by atoms with van der Waals surface area (Å²) in [7, 11) is 1.67. The molecule has 0 heterocycles. The Kier molecular flexibility index (Phi) is 6.56. The number of ether oxygens (including phenoxy) is 2. The lowest BCUT2D eigenvalue weighted by atomic mass is 9.82. The Morgan fingerprint density at radius 2 is 2.00 bits per heavy atom. The average Bonchev–Trinajstić information content (AvgIpc) is 2.56. The number of para-hydroxylation sites is 2. The lowest BCUT2D eigenvalue weighted by molar-refractivity contribution is -0.143. The first kappa shape index (κ1) is 16.7. The highest BCUT2D eigenvalue weighted by Gasteiger charge is 2.27. The predicted octanol–water partition coefficient (Wildman–Crippen LogP) is 4.01. The molecule has 1 aliphatic carbocycles. The van der Waals surface area contributed by atoms with E-state index in [1.807, 2.05) is 31.2 Å². The summed E-state index contributed by atoms with van der Waals surface area (Å²) in [6.07, 6.45) is 6.56. The van der Waals surface area contributed by atoms with Crippen LogP contribution in [-0.4, -0.2) is 25.7 Å². The van der Waals surface area contributed by atoms with Crippen molar-refractivity contribution in [3.63, 3.8) is 0 Å². The van der Waals surface area contributed by atoms with E-state index in [9.17, 15) is 4.79 Å². The largest absolute Gasteiger partial charge is 0.495 e. The zero-order valence-electron chi connectivity index (χ0n) is 13.6. The summed E-state index contributed by atoms with van der Waals surface area (Å²) in [4.78, 5) is 11.9. The van der Waals surface area contributed by atoms with E-state index in [0.29, 0.717) is 18.9 Å². The minimum absolute atomic E-state index is 0.107.